The number of alkyl halides is 3. The van der Waals surface area contributed by atoms with Crippen LogP contribution in [0.25, 0.3) is 11.5 Å². The van der Waals surface area contributed by atoms with Gasteiger partial charge in [-0.2, -0.15) is 18.2 Å². The van der Waals surface area contributed by atoms with Crippen LogP contribution < -0.4 is 9.64 Å². The van der Waals surface area contributed by atoms with E-state index in [1.807, 2.05) is 0 Å². The summed E-state index contributed by atoms with van der Waals surface area (Å²) in [6, 6.07) is 11.6. The molecule has 1 amide bonds. The zero-order valence-electron chi connectivity index (χ0n) is 15.3. The number of anilines is 1. The molecule has 2 heterocycles. The Morgan fingerprint density at radius 3 is 2.41 bits per heavy atom. The van der Waals surface area contributed by atoms with E-state index >= 15 is 0 Å². The molecule has 0 N–H and O–H groups in total. The molecule has 2 aromatic carbocycles. The van der Waals surface area contributed by atoms with Crippen LogP contribution in [0.4, 0.5) is 18.9 Å². The average Bonchev–Trinajstić information content (AvgIpc) is 3.34. The Balaban J connectivity index is 1.50. The van der Waals surface area contributed by atoms with Crippen molar-refractivity contribution < 1.29 is 27.2 Å². The van der Waals surface area contributed by atoms with Crippen LogP contribution in [0.3, 0.4) is 0 Å². The summed E-state index contributed by atoms with van der Waals surface area (Å²) in [5, 5.41) is 3.93. The van der Waals surface area contributed by atoms with Gasteiger partial charge in [0.05, 0.1) is 12.7 Å². The maximum absolute atomic E-state index is 12.7. The van der Waals surface area contributed by atoms with Crippen LogP contribution in [-0.2, 0) is 11.0 Å². The first-order valence-electron chi connectivity index (χ1n) is 8.81. The van der Waals surface area contributed by atoms with E-state index in [9.17, 15) is 18.0 Å². The molecule has 6 nitrogen and oxygen atoms in total. The molecule has 1 atom stereocenters. The molecule has 9 heteroatoms. The number of aromatic nitrogens is 2. The molecule has 1 aliphatic rings. The topological polar surface area (TPSA) is 68.5 Å². The molecule has 29 heavy (non-hydrogen) atoms. The number of methoxy groups -OCH3 is 1. The lowest BCUT2D eigenvalue weighted by atomic mass is 10.1. The van der Waals surface area contributed by atoms with Crippen molar-refractivity contribution in [2.24, 2.45) is 0 Å². The summed E-state index contributed by atoms with van der Waals surface area (Å²) in [6.45, 7) is 0.386. The molecule has 1 saturated heterocycles. The first-order chi connectivity index (χ1) is 13.8. The monoisotopic (exact) mass is 403 g/mol. The Bertz CT molecular complexity index is 1010. The minimum absolute atomic E-state index is 0.0685. The van der Waals surface area contributed by atoms with Crippen molar-refractivity contribution in [3.05, 3.63) is 59.9 Å². The van der Waals surface area contributed by atoms with Gasteiger partial charge in [0.25, 0.3) is 5.89 Å². The smallest absolute Gasteiger partial charge is 0.416 e. The number of benzene rings is 2. The summed E-state index contributed by atoms with van der Waals surface area (Å²) in [7, 11) is 1.57. The fourth-order valence-corrected chi connectivity index (χ4v) is 3.21. The fourth-order valence-electron chi connectivity index (χ4n) is 3.21. The van der Waals surface area contributed by atoms with Gasteiger partial charge in [0.1, 0.15) is 5.75 Å². The molecule has 150 valence electrons. The number of halogens is 3. The molecule has 0 spiro atoms. The molecular weight excluding hydrogens is 387 g/mol. The number of carbonyl (C=O) groups is 1. The van der Waals surface area contributed by atoms with Crippen LogP contribution in [0.5, 0.6) is 5.75 Å². The van der Waals surface area contributed by atoms with Gasteiger partial charge in [-0.05, 0) is 48.5 Å². The summed E-state index contributed by atoms with van der Waals surface area (Å²) in [6.07, 6.45) is -4.19. The predicted octanol–water partition coefficient (Wildman–Crippen LogP) is 4.28. The number of rotatable bonds is 4. The largest absolute Gasteiger partial charge is 0.497 e. The minimum Gasteiger partial charge on any atom is -0.497 e. The van der Waals surface area contributed by atoms with E-state index in [0.717, 1.165) is 17.8 Å². The molecule has 3 aromatic rings. The van der Waals surface area contributed by atoms with Crippen LogP contribution in [0.15, 0.2) is 53.1 Å². The number of hydrogen-bond acceptors (Lipinski definition) is 5. The molecule has 1 aliphatic heterocycles. The maximum Gasteiger partial charge on any atom is 0.416 e. The van der Waals surface area contributed by atoms with Crippen LogP contribution in [-0.4, -0.2) is 29.7 Å². The van der Waals surface area contributed by atoms with Crippen molar-refractivity contribution in [3.8, 4) is 17.2 Å². The first kappa shape index (κ1) is 19.0. The molecule has 0 aliphatic carbocycles. The van der Waals surface area contributed by atoms with Crippen molar-refractivity contribution in [1.82, 2.24) is 10.1 Å². The van der Waals surface area contributed by atoms with Crippen molar-refractivity contribution in [3.63, 3.8) is 0 Å². The zero-order valence-corrected chi connectivity index (χ0v) is 15.3. The summed E-state index contributed by atoms with van der Waals surface area (Å²) in [5.74, 6) is 0.822. The van der Waals surface area contributed by atoms with Gasteiger partial charge >= 0.3 is 6.18 Å². The third kappa shape index (κ3) is 3.80. The van der Waals surface area contributed by atoms with Gasteiger partial charge in [-0.15, -0.1) is 0 Å². The lowest BCUT2D eigenvalue weighted by Crippen LogP contribution is -2.24. The second-order valence-electron chi connectivity index (χ2n) is 6.64. The summed E-state index contributed by atoms with van der Waals surface area (Å²) in [4.78, 5) is 18.3. The molecule has 1 unspecified atom stereocenters. The Labute approximate surface area is 163 Å². The highest BCUT2D eigenvalue weighted by atomic mass is 19.4. The highest BCUT2D eigenvalue weighted by molar-refractivity contribution is 5.96. The molecule has 1 aromatic heterocycles. The quantitative estimate of drug-likeness (QED) is 0.650. The van der Waals surface area contributed by atoms with Crippen LogP contribution >= 0.6 is 0 Å². The molecular formula is C20H16F3N3O3. The molecule has 0 radical (unpaired) electrons. The van der Waals surface area contributed by atoms with Crippen LogP contribution in [0, 0.1) is 0 Å². The van der Waals surface area contributed by atoms with Crippen molar-refractivity contribution in [2.75, 3.05) is 18.6 Å². The van der Waals surface area contributed by atoms with Gasteiger partial charge < -0.3 is 14.2 Å². The second kappa shape index (κ2) is 7.23. The van der Waals surface area contributed by atoms with Gasteiger partial charge in [-0.25, -0.2) is 0 Å². The van der Waals surface area contributed by atoms with Gasteiger partial charge in [0.15, 0.2) is 5.82 Å². The molecule has 0 saturated carbocycles. The summed E-state index contributed by atoms with van der Waals surface area (Å²) < 4.78 is 48.4. The summed E-state index contributed by atoms with van der Waals surface area (Å²) in [5.41, 5.74) is 0.371. The van der Waals surface area contributed by atoms with E-state index in [1.54, 1.807) is 36.3 Å². The average molecular weight is 403 g/mol. The van der Waals surface area contributed by atoms with E-state index in [2.05, 4.69) is 10.1 Å². The standard InChI is InChI=1S/C20H16F3N3O3/c1-28-16-8-6-15(7-9-16)26-11-13(10-17(26)27)18-24-19(29-25-18)12-2-4-14(5-3-12)20(21,22)23/h2-9,13H,10-11H2,1H3. The van der Waals surface area contributed by atoms with Gasteiger partial charge in [-0.3, -0.25) is 4.79 Å². The van der Waals surface area contributed by atoms with Crippen LogP contribution in [0.1, 0.15) is 23.7 Å². The number of nitrogens with zero attached hydrogens (tertiary/aromatic N) is 3. The first-order valence-corrected chi connectivity index (χ1v) is 8.81. The number of hydrogen-bond donors (Lipinski definition) is 0. The van der Waals surface area contributed by atoms with Crippen molar-refractivity contribution in [2.45, 2.75) is 18.5 Å². The second-order valence-corrected chi connectivity index (χ2v) is 6.64. The predicted molar refractivity (Wildman–Crippen MR) is 97.4 cm³/mol. The third-order valence-electron chi connectivity index (χ3n) is 4.78. The fraction of sp³-hybridized carbons (Fsp3) is 0.250. The molecule has 1 fully saturated rings. The lowest BCUT2D eigenvalue weighted by Gasteiger charge is -2.16. The number of carbonyl (C=O) groups excluding carboxylic acids is 1. The van der Waals surface area contributed by atoms with E-state index < -0.39 is 11.7 Å². The third-order valence-corrected chi connectivity index (χ3v) is 4.78. The highest BCUT2D eigenvalue weighted by Crippen LogP contribution is 2.33. The highest BCUT2D eigenvalue weighted by Gasteiger charge is 2.35. The Hall–Kier alpha value is -3.36. The van der Waals surface area contributed by atoms with E-state index in [4.69, 9.17) is 9.26 Å². The number of amides is 1. The molecule has 0 bridgehead atoms. The SMILES string of the molecule is COc1ccc(N2CC(c3noc(-c4ccc(C(F)(F)F)cc4)n3)CC2=O)cc1. The Morgan fingerprint density at radius 2 is 1.79 bits per heavy atom. The van der Waals surface area contributed by atoms with E-state index in [1.165, 1.54) is 12.1 Å². The van der Waals surface area contributed by atoms with Crippen molar-refractivity contribution in [1.29, 1.82) is 0 Å². The molecule has 4 rings (SSSR count). The number of ether oxygens (including phenoxy) is 1. The Kier molecular flexibility index (Phi) is 4.73. The Morgan fingerprint density at radius 1 is 1.10 bits per heavy atom. The van der Waals surface area contributed by atoms with Gasteiger partial charge in [0, 0.05) is 30.1 Å². The minimum atomic E-state index is -4.41. The van der Waals surface area contributed by atoms with Crippen molar-refractivity contribution >= 4 is 11.6 Å². The van der Waals surface area contributed by atoms with Gasteiger partial charge in [0.2, 0.25) is 5.91 Å². The van der Waals surface area contributed by atoms with Gasteiger partial charge in [-0.1, -0.05) is 5.16 Å². The van der Waals surface area contributed by atoms with E-state index in [0.29, 0.717) is 23.7 Å². The maximum atomic E-state index is 12.7. The lowest BCUT2D eigenvalue weighted by molar-refractivity contribution is -0.137. The normalized spacial score (nSPS) is 17.0. The zero-order chi connectivity index (χ0) is 20.6. The van der Waals surface area contributed by atoms with Crippen LogP contribution in [0.2, 0.25) is 0 Å². The summed E-state index contributed by atoms with van der Waals surface area (Å²) >= 11 is 0. The van der Waals surface area contributed by atoms with E-state index in [-0.39, 0.29) is 24.1 Å².